The lowest BCUT2D eigenvalue weighted by molar-refractivity contribution is -0.0664. The molecule has 1 fully saturated rings. The number of benzene rings is 3. The highest BCUT2D eigenvalue weighted by molar-refractivity contribution is 5.98. The molecule has 0 amide bonds. The Balaban J connectivity index is 1.71. The first-order chi connectivity index (χ1) is 14.3. The SMILES string of the molecule is CC/C(=C(\c1ccccc1)c1ccc(ON2CCNCC2)cc1)c1ccccc1. The molecule has 29 heavy (non-hydrogen) atoms. The van der Waals surface area contributed by atoms with Crippen LogP contribution in [0.25, 0.3) is 11.1 Å². The van der Waals surface area contributed by atoms with Crippen molar-refractivity contribution in [2.24, 2.45) is 0 Å². The summed E-state index contributed by atoms with van der Waals surface area (Å²) in [4.78, 5) is 6.04. The van der Waals surface area contributed by atoms with Gasteiger partial charge in [0.2, 0.25) is 0 Å². The number of nitrogens with one attached hydrogen (secondary N) is 1. The Labute approximate surface area is 173 Å². The number of hydrogen-bond acceptors (Lipinski definition) is 3. The monoisotopic (exact) mass is 384 g/mol. The maximum Gasteiger partial charge on any atom is 0.147 e. The molecule has 3 nitrogen and oxygen atoms in total. The highest BCUT2D eigenvalue weighted by Gasteiger charge is 2.14. The summed E-state index contributed by atoms with van der Waals surface area (Å²) in [5, 5.41) is 5.38. The molecule has 0 aromatic heterocycles. The third kappa shape index (κ3) is 4.76. The van der Waals surface area contributed by atoms with Crippen LogP contribution in [0.15, 0.2) is 84.9 Å². The summed E-state index contributed by atoms with van der Waals surface area (Å²) >= 11 is 0. The molecule has 0 atom stereocenters. The normalized spacial score (nSPS) is 15.6. The predicted molar refractivity (Wildman–Crippen MR) is 121 cm³/mol. The summed E-state index contributed by atoms with van der Waals surface area (Å²) in [6.07, 6.45) is 0.966. The van der Waals surface area contributed by atoms with Gasteiger partial charge in [-0.05, 0) is 46.4 Å². The van der Waals surface area contributed by atoms with Crippen LogP contribution < -0.4 is 10.2 Å². The quantitative estimate of drug-likeness (QED) is 0.587. The molecule has 148 valence electrons. The van der Waals surface area contributed by atoms with E-state index in [2.05, 4.69) is 97.2 Å². The van der Waals surface area contributed by atoms with Gasteiger partial charge < -0.3 is 10.2 Å². The number of piperazine rings is 1. The zero-order valence-electron chi connectivity index (χ0n) is 17.0. The minimum absolute atomic E-state index is 0.890. The van der Waals surface area contributed by atoms with E-state index in [1.165, 1.54) is 27.8 Å². The fourth-order valence-corrected chi connectivity index (χ4v) is 3.85. The highest BCUT2D eigenvalue weighted by Crippen LogP contribution is 2.34. The second kappa shape index (κ2) is 9.55. The largest absolute Gasteiger partial charge is 0.406 e. The van der Waals surface area contributed by atoms with E-state index < -0.39 is 0 Å². The van der Waals surface area contributed by atoms with E-state index in [4.69, 9.17) is 4.84 Å². The fraction of sp³-hybridized carbons (Fsp3) is 0.231. The molecule has 3 aromatic carbocycles. The summed E-state index contributed by atoms with van der Waals surface area (Å²) in [6.45, 7) is 5.98. The van der Waals surface area contributed by atoms with Crippen molar-refractivity contribution in [1.29, 1.82) is 0 Å². The number of hydroxylamine groups is 2. The maximum absolute atomic E-state index is 6.04. The highest BCUT2D eigenvalue weighted by atomic mass is 16.7. The number of hydrogen-bond donors (Lipinski definition) is 1. The number of rotatable bonds is 6. The Morgan fingerprint density at radius 3 is 1.90 bits per heavy atom. The van der Waals surface area contributed by atoms with Crippen molar-refractivity contribution in [2.45, 2.75) is 13.3 Å². The van der Waals surface area contributed by atoms with E-state index in [0.717, 1.165) is 38.3 Å². The van der Waals surface area contributed by atoms with E-state index in [1.54, 1.807) is 0 Å². The smallest absolute Gasteiger partial charge is 0.147 e. The maximum atomic E-state index is 6.04. The molecule has 1 saturated heterocycles. The van der Waals surface area contributed by atoms with Crippen molar-refractivity contribution in [3.05, 3.63) is 102 Å². The summed E-state index contributed by atoms with van der Waals surface area (Å²) < 4.78 is 0. The van der Waals surface area contributed by atoms with E-state index in [0.29, 0.717) is 0 Å². The molecule has 0 aliphatic carbocycles. The van der Waals surface area contributed by atoms with Gasteiger partial charge in [0.05, 0.1) is 0 Å². The Morgan fingerprint density at radius 1 is 0.759 bits per heavy atom. The zero-order chi connectivity index (χ0) is 19.9. The number of nitrogens with zero attached hydrogens (tertiary/aromatic N) is 1. The van der Waals surface area contributed by atoms with Crippen LogP contribution in [0.5, 0.6) is 5.75 Å². The molecule has 3 aromatic rings. The second-order valence-corrected chi connectivity index (χ2v) is 7.23. The first-order valence-electron chi connectivity index (χ1n) is 10.4. The molecule has 0 bridgehead atoms. The standard InChI is InChI=1S/C26H28N2O/c1-2-25(21-9-5-3-6-10-21)26(22-11-7-4-8-12-22)23-13-15-24(16-14-23)29-28-19-17-27-18-20-28/h3-16,27H,2,17-20H2,1H3/b26-25-. The average molecular weight is 385 g/mol. The zero-order valence-corrected chi connectivity index (χ0v) is 17.0. The fourth-order valence-electron chi connectivity index (χ4n) is 3.85. The van der Waals surface area contributed by atoms with Crippen molar-refractivity contribution in [1.82, 2.24) is 10.4 Å². The summed E-state index contributed by atoms with van der Waals surface area (Å²) in [7, 11) is 0. The lowest BCUT2D eigenvalue weighted by Gasteiger charge is -2.26. The van der Waals surface area contributed by atoms with Gasteiger partial charge in [0.15, 0.2) is 0 Å². The van der Waals surface area contributed by atoms with E-state index >= 15 is 0 Å². The molecule has 1 aliphatic heterocycles. The molecular formula is C26H28N2O. The van der Waals surface area contributed by atoms with E-state index in [1.807, 2.05) is 5.06 Å². The van der Waals surface area contributed by atoms with Crippen molar-refractivity contribution >= 4 is 11.1 Å². The van der Waals surface area contributed by atoms with Crippen molar-refractivity contribution in [2.75, 3.05) is 26.2 Å². The van der Waals surface area contributed by atoms with Gasteiger partial charge in [-0.25, -0.2) is 0 Å². The van der Waals surface area contributed by atoms with Gasteiger partial charge in [-0.3, -0.25) is 0 Å². The Morgan fingerprint density at radius 2 is 1.31 bits per heavy atom. The van der Waals surface area contributed by atoms with Gasteiger partial charge in [0.25, 0.3) is 0 Å². The topological polar surface area (TPSA) is 24.5 Å². The van der Waals surface area contributed by atoms with Crippen LogP contribution in [0.2, 0.25) is 0 Å². The summed E-state index contributed by atoms with van der Waals surface area (Å²) in [6, 6.07) is 29.9. The minimum atomic E-state index is 0.890. The van der Waals surface area contributed by atoms with Crippen LogP contribution in [0.4, 0.5) is 0 Å². The van der Waals surface area contributed by atoms with Crippen molar-refractivity contribution in [3.8, 4) is 5.75 Å². The Hall–Kier alpha value is -2.88. The van der Waals surface area contributed by atoms with Crippen LogP contribution in [0.1, 0.15) is 30.0 Å². The molecule has 1 heterocycles. The van der Waals surface area contributed by atoms with Crippen LogP contribution in [0.3, 0.4) is 0 Å². The van der Waals surface area contributed by atoms with Gasteiger partial charge in [-0.15, -0.1) is 5.06 Å². The summed E-state index contributed by atoms with van der Waals surface area (Å²) in [5.74, 6) is 0.890. The average Bonchev–Trinajstić information content (AvgIpc) is 2.80. The lowest BCUT2D eigenvalue weighted by Crippen LogP contribution is -2.45. The van der Waals surface area contributed by atoms with Crippen LogP contribution in [-0.2, 0) is 0 Å². The van der Waals surface area contributed by atoms with E-state index in [-0.39, 0.29) is 0 Å². The Bertz CT molecular complexity index is 927. The van der Waals surface area contributed by atoms with Crippen molar-refractivity contribution in [3.63, 3.8) is 0 Å². The molecule has 1 N–H and O–H groups in total. The molecular weight excluding hydrogens is 356 g/mol. The molecule has 0 spiro atoms. The molecule has 0 saturated carbocycles. The van der Waals surface area contributed by atoms with Crippen LogP contribution >= 0.6 is 0 Å². The van der Waals surface area contributed by atoms with Gasteiger partial charge in [-0.2, -0.15) is 0 Å². The van der Waals surface area contributed by atoms with Crippen molar-refractivity contribution < 1.29 is 4.84 Å². The molecule has 4 rings (SSSR count). The molecule has 1 aliphatic rings. The predicted octanol–water partition coefficient (Wildman–Crippen LogP) is 5.25. The van der Waals surface area contributed by atoms with Gasteiger partial charge in [0.1, 0.15) is 5.75 Å². The minimum Gasteiger partial charge on any atom is -0.406 e. The Kier molecular flexibility index (Phi) is 6.40. The summed E-state index contributed by atoms with van der Waals surface area (Å²) in [5.41, 5.74) is 6.36. The molecule has 0 unspecified atom stereocenters. The van der Waals surface area contributed by atoms with Gasteiger partial charge in [-0.1, -0.05) is 79.7 Å². The third-order valence-electron chi connectivity index (χ3n) is 5.29. The molecule has 0 radical (unpaired) electrons. The third-order valence-corrected chi connectivity index (χ3v) is 5.29. The first-order valence-corrected chi connectivity index (χ1v) is 10.4. The molecule has 3 heteroatoms. The lowest BCUT2D eigenvalue weighted by atomic mass is 9.88. The first kappa shape index (κ1) is 19.4. The number of allylic oxidation sites excluding steroid dienone is 1. The second-order valence-electron chi connectivity index (χ2n) is 7.23. The van der Waals surface area contributed by atoms with Gasteiger partial charge >= 0.3 is 0 Å². The van der Waals surface area contributed by atoms with E-state index in [9.17, 15) is 0 Å². The van der Waals surface area contributed by atoms with Crippen LogP contribution in [0, 0.1) is 0 Å². The van der Waals surface area contributed by atoms with Gasteiger partial charge in [0, 0.05) is 26.2 Å². The van der Waals surface area contributed by atoms with Crippen LogP contribution in [-0.4, -0.2) is 31.2 Å².